The largest absolute Gasteiger partial charge is 0.486 e. The summed E-state index contributed by atoms with van der Waals surface area (Å²) < 4.78 is 11.2. The first-order valence-electron chi connectivity index (χ1n) is 12.5. The molecule has 37 heavy (non-hydrogen) atoms. The van der Waals surface area contributed by atoms with Crippen LogP contribution in [0.5, 0.6) is 11.5 Å². The molecule has 0 saturated heterocycles. The van der Waals surface area contributed by atoms with Gasteiger partial charge in [-0.2, -0.15) is 0 Å². The minimum atomic E-state index is -0.779. The number of hydrogen-bond donors (Lipinski definition) is 4. The van der Waals surface area contributed by atoms with Crippen LogP contribution >= 0.6 is 0 Å². The van der Waals surface area contributed by atoms with Crippen molar-refractivity contribution in [2.45, 2.75) is 31.5 Å². The highest BCUT2D eigenvalue weighted by molar-refractivity contribution is 5.99. The molecule has 2 unspecified atom stereocenters. The molecule has 2 atom stereocenters. The summed E-state index contributed by atoms with van der Waals surface area (Å²) in [4.78, 5) is 30.1. The van der Waals surface area contributed by atoms with Crippen molar-refractivity contribution in [3.63, 3.8) is 0 Å². The fourth-order valence-corrected chi connectivity index (χ4v) is 4.99. The average molecular weight is 497 g/mol. The monoisotopic (exact) mass is 496 g/mol. The Balaban J connectivity index is 1.23. The van der Waals surface area contributed by atoms with Crippen molar-refractivity contribution >= 4 is 28.4 Å². The maximum atomic E-state index is 13.5. The van der Waals surface area contributed by atoms with Gasteiger partial charge in [-0.15, -0.1) is 0 Å². The number of fused-ring (bicyclic) bond motifs is 3. The van der Waals surface area contributed by atoms with Gasteiger partial charge in [0.2, 0.25) is 11.8 Å². The zero-order valence-electron chi connectivity index (χ0n) is 20.3. The van der Waals surface area contributed by atoms with Crippen LogP contribution < -0.4 is 25.4 Å². The van der Waals surface area contributed by atoms with E-state index in [1.54, 1.807) is 18.2 Å². The Morgan fingerprint density at radius 2 is 1.73 bits per heavy atom. The number of hydrogen-bond acceptors (Lipinski definition) is 5. The van der Waals surface area contributed by atoms with E-state index in [1.165, 1.54) is 5.56 Å². The number of nitrogens with one attached hydrogen (secondary N) is 4. The number of aromatic amines is 1. The molecule has 0 spiro atoms. The maximum absolute atomic E-state index is 13.5. The predicted molar refractivity (Wildman–Crippen MR) is 141 cm³/mol. The van der Waals surface area contributed by atoms with Crippen LogP contribution in [-0.2, 0) is 29.0 Å². The molecular weight excluding hydrogens is 468 g/mol. The van der Waals surface area contributed by atoms with Crippen molar-refractivity contribution < 1.29 is 19.1 Å². The Morgan fingerprint density at radius 1 is 0.946 bits per heavy atom. The first-order valence-corrected chi connectivity index (χ1v) is 12.5. The maximum Gasteiger partial charge on any atom is 0.247 e. The molecule has 4 N–H and O–H groups in total. The molecule has 0 bridgehead atoms. The smallest absolute Gasteiger partial charge is 0.247 e. The van der Waals surface area contributed by atoms with Gasteiger partial charge in [0.15, 0.2) is 11.5 Å². The first-order chi connectivity index (χ1) is 18.1. The third-order valence-corrected chi connectivity index (χ3v) is 6.94. The molecule has 2 aliphatic rings. The Bertz CT molecular complexity index is 1460. The zero-order valence-corrected chi connectivity index (χ0v) is 20.3. The number of benzene rings is 3. The molecule has 6 rings (SSSR count). The van der Waals surface area contributed by atoms with Gasteiger partial charge in [-0.3, -0.25) is 9.59 Å². The number of ether oxygens (including phenoxy) is 2. The summed E-state index contributed by atoms with van der Waals surface area (Å²) >= 11 is 0. The molecular formula is C29H28N4O4. The Labute approximate surface area is 214 Å². The van der Waals surface area contributed by atoms with E-state index < -0.39 is 12.1 Å². The quantitative estimate of drug-likeness (QED) is 0.328. The van der Waals surface area contributed by atoms with Crippen LogP contribution in [0.1, 0.15) is 16.7 Å². The number of amides is 2. The fraction of sp³-hybridized carbons (Fsp3) is 0.241. The van der Waals surface area contributed by atoms with Crippen molar-refractivity contribution in [2.75, 3.05) is 18.5 Å². The van der Waals surface area contributed by atoms with Crippen LogP contribution in [0, 0.1) is 0 Å². The van der Waals surface area contributed by atoms with E-state index in [4.69, 9.17) is 9.47 Å². The van der Waals surface area contributed by atoms with E-state index in [1.807, 2.05) is 42.6 Å². The second kappa shape index (κ2) is 9.99. The Kier molecular flexibility index (Phi) is 6.24. The summed E-state index contributed by atoms with van der Waals surface area (Å²) in [5.41, 5.74) is 4.87. The van der Waals surface area contributed by atoms with Crippen molar-refractivity contribution in [2.24, 2.45) is 0 Å². The summed E-state index contributed by atoms with van der Waals surface area (Å²) in [7, 11) is 0. The normalized spacial score (nSPS) is 17.0. The van der Waals surface area contributed by atoms with E-state index in [-0.39, 0.29) is 11.8 Å². The van der Waals surface area contributed by atoms with Crippen LogP contribution in [0.3, 0.4) is 0 Å². The molecule has 0 aliphatic carbocycles. The van der Waals surface area contributed by atoms with Gasteiger partial charge in [-0.05, 0) is 41.3 Å². The van der Waals surface area contributed by atoms with Crippen LogP contribution in [0.25, 0.3) is 10.9 Å². The second-order valence-electron chi connectivity index (χ2n) is 9.38. The van der Waals surface area contributed by atoms with Crippen LogP contribution in [0.4, 0.5) is 5.69 Å². The number of aromatic nitrogens is 1. The molecule has 0 saturated carbocycles. The second-order valence-corrected chi connectivity index (χ2v) is 9.38. The third kappa shape index (κ3) is 4.88. The number of para-hydroxylation sites is 1. The van der Waals surface area contributed by atoms with Crippen LogP contribution in [0.2, 0.25) is 0 Å². The highest BCUT2D eigenvalue weighted by Gasteiger charge is 2.29. The lowest BCUT2D eigenvalue weighted by Gasteiger charge is -2.27. The fourth-order valence-electron chi connectivity index (χ4n) is 4.99. The van der Waals surface area contributed by atoms with E-state index in [0.717, 1.165) is 22.0 Å². The van der Waals surface area contributed by atoms with Gasteiger partial charge in [0.25, 0.3) is 0 Å². The van der Waals surface area contributed by atoms with Crippen molar-refractivity contribution in [3.05, 3.63) is 89.6 Å². The summed E-state index contributed by atoms with van der Waals surface area (Å²) in [6.07, 6.45) is 2.82. The topological polar surface area (TPSA) is 104 Å². The summed E-state index contributed by atoms with van der Waals surface area (Å²) in [6, 6.07) is 20.1. The average Bonchev–Trinajstić information content (AvgIpc) is 3.35. The molecule has 2 amide bonds. The van der Waals surface area contributed by atoms with Crippen molar-refractivity contribution in [1.82, 2.24) is 15.6 Å². The third-order valence-electron chi connectivity index (χ3n) is 6.94. The summed E-state index contributed by atoms with van der Waals surface area (Å²) in [6.45, 7) is 1.57. The molecule has 4 aromatic rings. The van der Waals surface area contributed by atoms with Gasteiger partial charge in [0, 0.05) is 41.8 Å². The van der Waals surface area contributed by atoms with Gasteiger partial charge >= 0.3 is 0 Å². The minimum Gasteiger partial charge on any atom is -0.486 e. The Hall–Kier alpha value is -4.30. The lowest BCUT2D eigenvalue weighted by molar-refractivity contribution is -0.128. The van der Waals surface area contributed by atoms with Gasteiger partial charge in [0.05, 0.1) is 6.04 Å². The van der Waals surface area contributed by atoms with Crippen LogP contribution in [-0.4, -0.2) is 42.1 Å². The lowest BCUT2D eigenvalue weighted by atomic mass is 9.95. The Morgan fingerprint density at radius 3 is 2.62 bits per heavy atom. The number of carbonyl (C=O) groups is 2. The molecule has 1 aromatic heterocycles. The molecule has 0 radical (unpaired) electrons. The summed E-state index contributed by atoms with van der Waals surface area (Å²) in [5, 5.41) is 10.3. The van der Waals surface area contributed by atoms with E-state index in [9.17, 15) is 9.59 Å². The van der Waals surface area contributed by atoms with Gasteiger partial charge < -0.3 is 30.4 Å². The van der Waals surface area contributed by atoms with Gasteiger partial charge in [0.1, 0.15) is 19.3 Å². The highest BCUT2D eigenvalue weighted by atomic mass is 16.6. The number of anilines is 1. The van der Waals surface area contributed by atoms with E-state index >= 15 is 0 Å². The predicted octanol–water partition coefficient (Wildman–Crippen LogP) is 3.32. The number of carbonyl (C=O) groups excluding carboxylic acids is 2. The van der Waals surface area contributed by atoms with Gasteiger partial charge in [-0.25, -0.2) is 0 Å². The molecule has 2 aliphatic heterocycles. The minimum absolute atomic E-state index is 0.198. The molecule has 188 valence electrons. The highest BCUT2D eigenvalue weighted by Crippen LogP contribution is 2.32. The molecule has 0 fully saturated rings. The first kappa shape index (κ1) is 23.1. The van der Waals surface area contributed by atoms with Crippen molar-refractivity contribution in [3.8, 4) is 11.5 Å². The zero-order chi connectivity index (χ0) is 25.2. The number of H-pyrrole nitrogens is 1. The SMILES string of the molecule is O=C(NC(Cc1c[nH]c2ccccc12)C(=O)Nc1ccc2c(c1)OCCO2)C1Cc2ccccc2CN1. The van der Waals surface area contributed by atoms with Crippen molar-refractivity contribution in [1.29, 1.82) is 0 Å². The van der Waals surface area contributed by atoms with E-state index in [0.29, 0.717) is 49.8 Å². The van der Waals surface area contributed by atoms with Crippen LogP contribution in [0.15, 0.2) is 72.9 Å². The molecule has 8 nitrogen and oxygen atoms in total. The van der Waals surface area contributed by atoms with E-state index in [2.05, 4.69) is 33.1 Å². The molecule has 3 heterocycles. The van der Waals surface area contributed by atoms with Gasteiger partial charge in [-0.1, -0.05) is 42.5 Å². The lowest BCUT2D eigenvalue weighted by Crippen LogP contribution is -2.53. The summed E-state index contributed by atoms with van der Waals surface area (Å²) in [5.74, 6) is 0.742. The number of rotatable bonds is 6. The standard InChI is InChI=1S/C29H28N4O4/c34-28(24-13-18-5-1-2-6-19(18)16-31-24)33-25(14-20-17-30-23-8-4-3-7-22(20)23)29(35)32-21-9-10-26-27(15-21)37-12-11-36-26/h1-10,15,17,24-25,30-31H,11-14,16H2,(H,32,35)(H,33,34). The molecule has 3 aromatic carbocycles. The molecule has 8 heteroatoms.